The third-order valence-electron chi connectivity index (χ3n) is 3.83. The molecule has 3 rings (SSSR count). The Hall–Kier alpha value is -2.70. The van der Waals surface area contributed by atoms with Crippen molar-refractivity contribution in [3.8, 4) is 0 Å². The van der Waals surface area contributed by atoms with Gasteiger partial charge in [-0.15, -0.1) is 0 Å². The molecule has 0 aliphatic carbocycles. The van der Waals surface area contributed by atoms with Crippen molar-refractivity contribution in [3.05, 3.63) is 85.5 Å². The number of aryl methyl sites for hydroxylation is 2. The molecule has 1 amide bonds. The lowest BCUT2D eigenvalue weighted by Gasteiger charge is -2.10. The van der Waals surface area contributed by atoms with Gasteiger partial charge in [0, 0.05) is 27.6 Å². The van der Waals surface area contributed by atoms with E-state index in [1.807, 2.05) is 0 Å². The number of nitrogens with one attached hydrogen (secondary N) is 1. The van der Waals surface area contributed by atoms with Crippen molar-refractivity contribution in [2.45, 2.75) is 20.4 Å². The van der Waals surface area contributed by atoms with Crippen molar-refractivity contribution < 1.29 is 4.79 Å². The Morgan fingerprint density at radius 2 is 1.81 bits per heavy atom. The molecule has 0 spiro atoms. The second kappa shape index (κ2) is 7.90. The van der Waals surface area contributed by atoms with Gasteiger partial charge in [0.15, 0.2) is 0 Å². The molecule has 2 heterocycles. The first-order valence-corrected chi connectivity index (χ1v) is 8.86. The average Bonchev–Trinajstić information content (AvgIpc) is 2.58. The third-order valence-corrected chi connectivity index (χ3v) is 4.42. The second-order valence-electron chi connectivity index (χ2n) is 6.02. The maximum Gasteiger partial charge on any atom is 0.263 e. The number of anilines is 1. The highest BCUT2D eigenvalue weighted by Gasteiger charge is 2.15. The van der Waals surface area contributed by atoms with E-state index in [2.05, 4.69) is 15.3 Å². The summed E-state index contributed by atoms with van der Waals surface area (Å²) < 4.78 is 1.41. The van der Waals surface area contributed by atoms with Crippen molar-refractivity contribution in [2.75, 3.05) is 5.32 Å². The van der Waals surface area contributed by atoms with Crippen LogP contribution in [0.15, 0.2) is 47.4 Å². The molecule has 0 aliphatic rings. The summed E-state index contributed by atoms with van der Waals surface area (Å²) in [6.07, 6.45) is 1.59. The quantitative estimate of drug-likeness (QED) is 0.718. The predicted molar refractivity (Wildman–Crippen MR) is 106 cm³/mol. The number of nitrogens with zero attached hydrogens (tertiary/aromatic N) is 3. The van der Waals surface area contributed by atoms with Crippen LogP contribution in [-0.4, -0.2) is 20.4 Å². The first-order chi connectivity index (χ1) is 12.8. The van der Waals surface area contributed by atoms with Gasteiger partial charge in [0.2, 0.25) is 5.95 Å². The van der Waals surface area contributed by atoms with Crippen molar-refractivity contribution in [2.24, 2.45) is 0 Å². The number of halogens is 2. The van der Waals surface area contributed by atoms with E-state index in [1.54, 1.807) is 50.4 Å². The van der Waals surface area contributed by atoms with Crippen LogP contribution in [0.2, 0.25) is 10.0 Å². The molecule has 138 valence electrons. The Bertz CT molecular complexity index is 1060. The number of aromatic nitrogens is 3. The molecule has 2 aromatic heterocycles. The zero-order valence-corrected chi connectivity index (χ0v) is 16.2. The summed E-state index contributed by atoms with van der Waals surface area (Å²) in [6.45, 7) is 3.82. The first-order valence-electron chi connectivity index (χ1n) is 8.10. The van der Waals surface area contributed by atoms with Crippen LogP contribution in [0.25, 0.3) is 0 Å². The monoisotopic (exact) mass is 402 g/mol. The van der Waals surface area contributed by atoms with Crippen molar-refractivity contribution in [1.29, 1.82) is 0 Å². The van der Waals surface area contributed by atoms with Crippen molar-refractivity contribution >= 4 is 35.1 Å². The molecule has 0 bridgehead atoms. The zero-order chi connectivity index (χ0) is 19.6. The molecule has 0 saturated carbocycles. The van der Waals surface area contributed by atoms with Gasteiger partial charge in [-0.2, -0.15) is 0 Å². The van der Waals surface area contributed by atoms with E-state index < -0.39 is 11.5 Å². The lowest BCUT2D eigenvalue weighted by Crippen LogP contribution is -2.29. The lowest BCUT2D eigenvalue weighted by molar-refractivity contribution is 0.102. The van der Waals surface area contributed by atoms with Gasteiger partial charge in [0.25, 0.3) is 11.5 Å². The summed E-state index contributed by atoms with van der Waals surface area (Å²) in [4.78, 5) is 33.5. The smallest absolute Gasteiger partial charge is 0.263 e. The number of benzene rings is 1. The Balaban J connectivity index is 1.87. The SMILES string of the molecule is Cc1cc(C)nc(NC(=O)c2cccn(Cc3ccc(Cl)cc3Cl)c2=O)n1. The Morgan fingerprint density at radius 3 is 2.48 bits per heavy atom. The van der Waals surface area contributed by atoms with Crippen LogP contribution in [0.1, 0.15) is 27.3 Å². The van der Waals surface area contributed by atoms with E-state index >= 15 is 0 Å². The summed E-state index contributed by atoms with van der Waals surface area (Å²) in [5.74, 6) is -0.408. The van der Waals surface area contributed by atoms with Gasteiger partial charge < -0.3 is 4.57 Å². The first kappa shape index (κ1) is 19.1. The molecule has 0 fully saturated rings. The number of hydrogen-bond acceptors (Lipinski definition) is 4. The maximum atomic E-state index is 12.7. The van der Waals surface area contributed by atoms with Gasteiger partial charge in [0.05, 0.1) is 6.54 Å². The molecule has 6 nitrogen and oxygen atoms in total. The number of amides is 1. The maximum absolute atomic E-state index is 12.7. The summed E-state index contributed by atoms with van der Waals surface area (Å²) in [5.41, 5.74) is 1.72. The van der Waals surface area contributed by atoms with Gasteiger partial charge in [-0.1, -0.05) is 29.3 Å². The summed E-state index contributed by atoms with van der Waals surface area (Å²) in [5, 5.41) is 3.54. The van der Waals surface area contributed by atoms with E-state index in [1.165, 1.54) is 10.6 Å². The van der Waals surface area contributed by atoms with E-state index in [0.717, 1.165) is 17.0 Å². The number of carbonyl (C=O) groups excluding carboxylic acids is 1. The zero-order valence-electron chi connectivity index (χ0n) is 14.7. The largest absolute Gasteiger partial charge is 0.310 e. The normalized spacial score (nSPS) is 10.7. The molecule has 1 N–H and O–H groups in total. The minimum absolute atomic E-state index is 0.00894. The van der Waals surface area contributed by atoms with Gasteiger partial charge >= 0.3 is 0 Å². The molecule has 0 unspecified atom stereocenters. The van der Waals surface area contributed by atoms with Crippen molar-refractivity contribution in [1.82, 2.24) is 14.5 Å². The van der Waals surface area contributed by atoms with Crippen LogP contribution in [0.4, 0.5) is 5.95 Å². The molecule has 0 atom stereocenters. The Morgan fingerprint density at radius 1 is 1.11 bits per heavy atom. The molecular formula is C19H16Cl2N4O2. The Kier molecular flexibility index (Phi) is 5.58. The average molecular weight is 403 g/mol. The summed E-state index contributed by atoms with van der Waals surface area (Å²) in [6, 6.07) is 9.93. The predicted octanol–water partition coefficient (Wildman–Crippen LogP) is 3.86. The third kappa shape index (κ3) is 4.53. The number of pyridine rings is 1. The molecule has 0 aliphatic heterocycles. The van der Waals surface area contributed by atoms with Crippen molar-refractivity contribution in [3.63, 3.8) is 0 Å². The highest BCUT2D eigenvalue weighted by Crippen LogP contribution is 2.21. The highest BCUT2D eigenvalue weighted by atomic mass is 35.5. The molecule has 1 aromatic carbocycles. The van der Waals surface area contributed by atoms with Crippen LogP contribution in [0.5, 0.6) is 0 Å². The summed E-state index contributed by atoms with van der Waals surface area (Å²) in [7, 11) is 0. The van der Waals surface area contributed by atoms with E-state index in [9.17, 15) is 9.59 Å². The number of hydrogen-bond donors (Lipinski definition) is 1. The Labute approximate surface area is 165 Å². The minimum Gasteiger partial charge on any atom is -0.310 e. The fraction of sp³-hybridized carbons (Fsp3) is 0.158. The molecular weight excluding hydrogens is 387 g/mol. The van der Waals surface area contributed by atoms with E-state index in [0.29, 0.717) is 10.0 Å². The van der Waals surface area contributed by atoms with Gasteiger partial charge in [0.1, 0.15) is 5.56 Å². The van der Waals surface area contributed by atoms with Crippen LogP contribution in [0, 0.1) is 13.8 Å². The molecule has 0 radical (unpaired) electrons. The number of rotatable bonds is 4. The molecule has 27 heavy (non-hydrogen) atoms. The standard InChI is InChI=1S/C19H16Cl2N4O2/c1-11-8-12(2)23-19(22-11)24-17(26)15-4-3-7-25(18(15)27)10-13-5-6-14(20)9-16(13)21/h3-9H,10H2,1-2H3,(H,22,23,24,26). The second-order valence-corrected chi connectivity index (χ2v) is 6.86. The molecule has 3 aromatic rings. The van der Waals surface area contributed by atoms with E-state index in [-0.39, 0.29) is 18.1 Å². The van der Waals surface area contributed by atoms with Gasteiger partial charge in [-0.3, -0.25) is 14.9 Å². The fourth-order valence-corrected chi connectivity index (χ4v) is 3.09. The minimum atomic E-state index is -0.568. The van der Waals surface area contributed by atoms with Crippen LogP contribution in [0.3, 0.4) is 0 Å². The fourth-order valence-electron chi connectivity index (χ4n) is 2.62. The van der Waals surface area contributed by atoms with Crippen LogP contribution >= 0.6 is 23.2 Å². The van der Waals surface area contributed by atoms with Gasteiger partial charge in [-0.25, -0.2) is 9.97 Å². The van der Waals surface area contributed by atoms with Crippen LogP contribution in [-0.2, 0) is 6.54 Å². The van der Waals surface area contributed by atoms with Crippen LogP contribution < -0.4 is 10.9 Å². The molecule has 8 heteroatoms. The summed E-state index contributed by atoms with van der Waals surface area (Å²) >= 11 is 12.1. The van der Waals surface area contributed by atoms with Gasteiger partial charge in [-0.05, 0) is 49.7 Å². The topological polar surface area (TPSA) is 76.9 Å². The highest BCUT2D eigenvalue weighted by molar-refractivity contribution is 6.35. The lowest BCUT2D eigenvalue weighted by atomic mass is 10.2. The number of carbonyl (C=O) groups is 1. The van der Waals surface area contributed by atoms with E-state index in [4.69, 9.17) is 23.2 Å². The molecule has 0 saturated heterocycles.